The van der Waals surface area contributed by atoms with Crippen LogP contribution in [0.25, 0.3) is 6.08 Å². The molecule has 0 radical (unpaired) electrons. The zero-order chi connectivity index (χ0) is 24.0. The van der Waals surface area contributed by atoms with E-state index in [2.05, 4.69) is 21.2 Å². The van der Waals surface area contributed by atoms with Crippen molar-refractivity contribution in [3.8, 4) is 11.5 Å². The lowest BCUT2D eigenvalue weighted by Gasteiger charge is -2.14. The average Bonchev–Trinajstić information content (AvgIpc) is 3.02. The summed E-state index contributed by atoms with van der Waals surface area (Å²) in [6.07, 6.45) is 1.51. The maximum atomic E-state index is 12.8. The van der Waals surface area contributed by atoms with Crippen LogP contribution in [-0.4, -0.2) is 42.6 Å². The number of carbonyl (C=O) groups excluding carboxylic acids is 3. The predicted octanol–water partition coefficient (Wildman–Crippen LogP) is 4.54. The summed E-state index contributed by atoms with van der Waals surface area (Å²) in [6, 6.07) is 9.99. The van der Waals surface area contributed by atoms with Crippen LogP contribution >= 0.6 is 27.5 Å². The maximum Gasteiger partial charge on any atom is 0.344 e. The summed E-state index contributed by atoms with van der Waals surface area (Å²) in [6.45, 7) is 3.85. The van der Waals surface area contributed by atoms with E-state index in [4.69, 9.17) is 25.8 Å². The van der Waals surface area contributed by atoms with Gasteiger partial charge >= 0.3 is 12.0 Å². The van der Waals surface area contributed by atoms with E-state index >= 15 is 0 Å². The van der Waals surface area contributed by atoms with E-state index in [-0.39, 0.29) is 36.2 Å². The third kappa shape index (κ3) is 6.27. The first-order valence-electron chi connectivity index (χ1n) is 10.2. The number of hydrogen-bond donors (Lipinski definition) is 1. The Hall–Kier alpha value is -3.04. The number of amides is 3. The molecule has 3 rings (SSSR count). The van der Waals surface area contributed by atoms with Gasteiger partial charge in [-0.05, 0) is 55.3 Å². The van der Waals surface area contributed by atoms with Gasteiger partial charge in [-0.3, -0.25) is 9.69 Å². The van der Waals surface area contributed by atoms with Gasteiger partial charge in [0.2, 0.25) is 0 Å². The van der Waals surface area contributed by atoms with Gasteiger partial charge in [0, 0.05) is 4.47 Å². The first-order chi connectivity index (χ1) is 15.8. The van der Waals surface area contributed by atoms with Crippen LogP contribution in [0.1, 0.15) is 25.0 Å². The number of imide groups is 1. The number of benzene rings is 2. The molecular weight excluding hydrogens is 516 g/mol. The molecule has 174 valence electrons. The molecule has 1 aliphatic rings. The fourth-order valence-corrected chi connectivity index (χ4v) is 3.60. The number of esters is 1. The number of carbonyl (C=O) groups is 3. The van der Waals surface area contributed by atoms with Crippen molar-refractivity contribution in [1.82, 2.24) is 10.2 Å². The third-order valence-corrected chi connectivity index (χ3v) is 5.31. The summed E-state index contributed by atoms with van der Waals surface area (Å²) in [4.78, 5) is 37.9. The molecule has 0 atom stereocenters. The summed E-state index contributed by atoms with van der Waals surface area (Å²) in [7, 11) is 0. The zero-order valence-electron chi connectivity index (χ0n) is 18.0. The Morgan fingerprint density at radius 1 is 1.12 bits per heavy atom. The van der Waals surface area contributed by atoms with Gasteiger partial charge in [0.15, 0.2) is 18.1 Å². The minimum atomic E-state index is -0.535. The molecule has 1 N–H and O–H groups in total. The van der Waals surface area contributed by atoms with Gasteiger partial charge in [-0.15, -0.1) is 0 Å². The second kappa shape index (κ2) is 11.2. The third-order valence-electron chi connectivity index (χ3n) is 4.50. The highest BCUT2D eigenvalue weighted by Crippen LogP contribution is 2.37. The molecular formula is C23H22BrClN2O6. The van der Waals surface area contributed by atoms with Crippen LogP contribution in [0.2, 0.25) is 5.02 Å². The van der Waals surface area contributed by atoms with Crippen LogP contribution in [0.15, 0.2) is 46.6 Å². The molecule has 1 aliphatic heterocycles. The number of halogens is 2. The van der Waals surface area contributed by atoms with Crippen LogP contribution in [0.5, 0.6) is 11.5 Å². The van der Waals surface area contributed by atoms with Crippen molar-refractivity contribution >= 4 is 51.5 Å². The predicted molar refractivity (Wildman–Crippen MR) is 126 cm³/mol. The summed E-state index contributed by atoms with van der Waals surface area (Å²) in [5.74, 6) is -0.510. The molecule has 0 aliphatic carbocycles. The van der Waals surface area contributed by atoms with Crippen molar-refractivity contribution in [3.05, 3.63) is 62.7 Å². The van der Waals surface area contributed by atoms with E-state index in [0.29, 0.717) is 17.9 Å². The summed E-state index contributed by atoms with van der Waals surface area (Å²) in [5, 5.41) is 2.77. The Morgan fingerprint density at radius 3 is 2.52 bits per heavy atom. The Morgan fingerprint density at radius 2 is 1.85 bits per heavy atom. The highest BCUT2D eigenvalue weighted by molar-refractivity contribution is 9.10. The fraction of sp³-hybridized carbons (Fsp3) is 0.261. The van der Waals surface area contributed by atoms with Crippen molar-refractivity contribution in [1.29, 1.82) is 0 Å². The van der Waals surface area contributed by atoms with Gasteiger partial charge in [0.05, 0.1) is 24.8 Å². The minimum Gasteiger partial charge on any atom is -0.490 e. The largest absolute Gasteiger partial charge is 0.490 e. The molecule has 2 aromatic carbocycles. The molecule has 33 heavy (non-hydrogen) atoms. The van der Waals surface area contributed by atoms with Crippen molar-refractivity contribution in [2.75, 3.05) is 19.8 Å². The maximum absolute atomic E-state index is 12.8. The fourth-order valence-electron chi connectivity index (χ4n) is 3.06. The van der Waals surface area contributed by atoms with Gasteiger partial charge in [-0.25, -0.2) is 9.59 Å². The molecule has 1 heterocycles. The van der Waals surface area contributed by atoms with Gasteiger partial charge in [-0.1, -0.05) is 39.7 Å². The van der Waals surface area contributed by atoms with Gasteiger partial charge in [-0.2, -0.15) is 0 Å². The first kappa shape index (κ1) is 24.6. The molecule has 0 bridgehead atoms. The van der Waals surface area contributed by atoms with Crippen LogP contribution < -0.4 is 14.8 Å². The Labute approximate surface area is 204 Å². The van der Waals surface area contributed by atoms with E-state index in [9.17, 15) is 14.4 Å². The van der Waals surface area contributed by atoms with Crippen molar-refractivity contribution in [2.24, 2.45) is 0 Å². The molecule has 1 fully saturated rings. The molecule has 8 nitrogen and oxygen atoms in total. The monoisotopic (exact) mass is 536 g/mol. The van der Waals surface area contributed by atoms with Crippen LogP contribution in [0.3, 0.4) is 0 Å². The van der Waals surface area contributed by atoms with Crippen molar-refractivity contribution < 1.29 is 28.6 Å². The van der Waals surface area contributed by atoms with E-state index in [1.54, 1.807) is 26.0 Å². The second-order valence-electron chi connectivity index (χ2n) is 6.86. The smallest absolute Gasteiger partial charge is 0.344 e. The van der Waals surface area contributed by atoms with Crippen LogP contribution in [-0.2, 0) is 20.9 Å². The standard InChI is InChI=1S/C23H22BrClN2O6/c1-3-31-19-11-15(9-17(25)21(19)33-13-20(28)32-4-2)10-18-22(29)27(23(30)26-18)12-14-5-7-16(24)8-6-14/h5-11H,3-4,12-13H2,1-2H3,(H,26,30)/b18-10+. The van der Waals surface area contributed by atoms with Crippen molar-refractivity contribution in [2.45, 2.75) is 20.4 Å². The van der Waals surface area contributed by atoms with Crippen LogP contribution in [0, 0.1) is 0 Å². The summed E-state index contributed by atoms with van der Waals surface area (Å²) >= 11 is 9.72. The molecule has 0 spiro atoms. The topological polar surface area (TPSA) is 94.2 Å². The normalized spacial score (nSPS) is 14.4. The molecule has 0 aromatic heterocycles. The lowest BCUT2D eigenvalue weighted by Crippen LogP contribution is -2.30. The molecule has 3 amide bonds. The minimum absolute atomic E-state index is 0.107. The quantitative estimate of drug-likeness (QED) is 0.287. The van der Waals surface area contributed by atoms with E-state index in [0.717, 1.165) is 14.9 Å². The molecule has 0 unspecified atom stereocenters. The van der Waals surface area contributed by atoms with E-state index in [1.807, 2.05) is 24.3 Å². The van der Waals surface area contributed by atoms with E-state index < -0.39 is 17.9 Å². The summed E-state index contributed by atoms with van der Waals surface area (Å²) < 4.78 is 16.8. The average molecular weight is 538 g/mol. The number of urea groups is 1. The Kier molecular flexibility index (Phi) is 8.35. The highest BCUT2D eigenvalue weighted by Gasteiger charge is 2.33. The highest BCUT2D eigenvalue weighted by atomic mass is 79.9. The Bertz CT molecular complexity index is 1090. The molecule has 1 saturated heterocycles. The van der Waals surface area contributed by atoms with Gasteiger partial charge in [0.1, 0.15) is 5.70 Å². The number of rotatable bonds is 9. The lowest BCUT2D eigenvalue weighted by atomic mass is 10.1. The number of nitrogens with one attached hydrogen (secondary N) is 1. The van der Waals surface area contributed by atoms with E-state index in [1.165, 1.54) is 6.08 Å². The Balaban J connectivity index is 1.81. The zero-order valence-corrected chi connectivity index (χ0v) is 20.4. The summed E-state index contributed by atoms with van der Waals surface area (Å²) in [5.41, 5.74) is 1.43. The molecule has 10 heteroatoms. The number of nitrogens with zero attached hydrogens (tertiary/aromatic N) is 1. The van der Waals surface area contributed by atoms with Gasteiger partial charge in [0.25, 0.3) is 5.91 Å². The first-order valence-corrected chi connectivity index (χ1v) is 11.3. The molecule has 0 saturated carbocycles. The molecule has 2 aromatic rings. The number of ether oxygens (including phenoxy) is 3. The number of hydrogen-bond acceptors (Lipinski definition) is 6. The second-order valence-corrected chi connectivity index (χ2v) is 8.19. The van der Waals surface area contributed by atoms with Crippen LogP contribution in [0.4, 0.5) is 4.79 Å². The van der Waals surface area contributed by atoms with Gasteiger partial charge < -0.3 is 19.5 Å². The lowest BCUT2D eigenvalue weighted by molar-refractivity contribution is -0.145. The SMILES string of the molecule is CCOC(=O)COc1c(Cl)cc(/C=C2/NC(=O)N(Cc3ccc(Br)cc3)C2=O)cc1OCC. The van der Waals surface area contributed by atoms with Crippen molar-refractivity contribution in [3.63, 3.8) is 0 Å².